The van der Waals surface area contributed by atoms with Gasteiger partial charge in [0.2, 0.25) is 0 Å². The molecule has 1 aliphatic rings. The number of nitrogens with one attached hydrogen (secondary N) is 2. The molecule has 8 heteroatoms. The third kappa shape index (κ3) is 3.29. The van der Waals surface area contributed by atoms with Crippen molar-refractivity contribution in [3.63, 3.8) is 0 Å². The number of methoxy groups -OCH3 is 1. The van der Waals surface area contributed by atoms with Gasteiger partial charge in [-0.25, -0.2) is 4.98 Å². The Bertz CT molecular complexity index is 455. The highest BCUT2D eigenvalue weighted by atomic mass is 35.5. The molecule has 0 unspecified atom stereocenters. The van der Waals surface area contributed by atoms with Crippen LogP contribution in [0.4, 0.5) is 19.0 Å². The monoisotopic (exact) mass is 295 g/mol. The fourth-order valence-corrected chi connectivity index (χ4v) is 2.14. The first-order chi connectivity index (χ1) is 8.91. The molecule has 106 valence electrons. The maximum Gasteiger partial charge on any atom is 0.417 e. The van der Waals surface area contributed by atoms with Gasteiger partial charge in [0.15, 0.2) is 0 Å². The summed E-state index contributed by atoms with van der Waals surface area (Å²) in [6, 6.07) is 0.785. The van der Waals surface area contributed by atoms with Crippen LogP contribution in [0.1, 0.15) is 5.56 Å². The number of ether oxygens (including phenoxy) is 1. The van der Waals surface area contributed by atoms with Crippen molar-refractivity contribution in [1.82, 2.24) is 10.3 Å². The first-order valence-corrected chi connectivity index (χ1v) is 6.02. The van der Waals surface area contributed by atoms with E-state index in [0.717, 1.165) is 12.3 Å². The number of hydrogen-bond donors (Lipinski definition) is 2. The zero-order chi connectivity index (χ0) is 14.0. The zero-order valence-corrected chi connectivity index (χ0v) is 10.8. The SMILES string of the molecule is CO[C@H]1CNC[C@@H]1Nc1ncc(C(F)(F)F)cc1Cl. The van der Waals surface area contributed by atoms with Crippen LogP contribution >= 0.6 is 11.6 Å². The largest absolute Gasteiger partial charge is 0.417 e. The predicted molar refractivity (Wildman–Crippen MR) is 65.3 cm³/mol. The van der Waals surface area contributed by atoms with E-state index >= 15 is 0 Å². The number of halogens is 4. The molecule has 19 heavy (non-hydrogen) atoms. The van der Waals surface area contributed by atoms with Crippen molar-refractivity contribution in [3.8, 4) is 0 Å². The van der Waals surface area contributed by atoms with Gasteiger partial charge in [-0.05, 0) is 6.07 Å². The Labute approximate surface area is 113 Å². The number of alkyl halides is 3. The third-order valence-electron chi connectivity index (χ3n) is 2.95. The Morgan fingerprint density at radius 1 is 1.47 bits per heavy atom. The lowest BCUT2D eigenvalue weighted by atomic mass is 10.2. The molecule has 0 aromatic carbocycles. The van der Waals surface area contributed by atoms with Crippen LogP contribution in [0.25, 0.3) is 0 Å². The molecule has 0 radical (unpaired) electrons. The number of aromatic nitrogens is 1. The van der Waals surface area contributed by atoms with Crippen molar-refractivity contribution in [3.05, 3.63) is 22.8 Å². The first kappa shape index (κ1) is 14.4. The molecule has 2 rings (SSSR count). The summed E-state index contributed by atoms with van der Waals surface area (Å²) in [7, 11) is 1.58. The fraction of sp³-hybridized carbons (Fsp3) is 0.545. The van der Waals surface area contributed by atoms with Gasteiger partial charge in [-0.3, -0.25) is 0 Å². The van der Waals surface area contributed by atoms with Crippen LogP contribution in [0.2, 0.25) is 5.02 Å². The summed E-state index contributed by atoms with van der Waals surface area (Å²) >= 11 is 5.82. The van der Waals surface area contributed by atoms with E-state index in [1.54, 1.807) is 7.11 Å². The molecular formula is C11H13ClF3N3O. The van der Waals surface area contributed by atoms with Crippen molar-refractivity contribution in [2.45, 2.75) is 18.3 Å². The maximum atomic E-state index is 12.5. The minimum atomic E-state index is -4.45. The second kappa shape index (κ2) is 5.52. The third-order valence-corrected chi connectivity index (χ3v) is 3.24. The number of anilines is 1. The van der Waals surface area contributed by atoms with E-state index in [1.807, 2.05) is 0 Å². The van der Waals surface area contributed by atoms with Gasteiger partial charge in [0.1, 0.15) is 5.82 Å². The number of hydrogen-bond acceptors (Lipinski definition) is 4. The summed E-state index contributed by atoms with van der Waals surface area (Å²) in [4.78, 5) is 3.73. The van der Waals surface area contributed by atoms with Crippen molar-refractivity contribution in [2.75, 3.05) is 25.5 Å². The van der Waals surface area contributed by atoms with Gasteiger partial charge in [-0.2, -0.15) is 13.2 Å². The smallest absolute Gasteiger partial charge is 0.378 e. The Morgan fingerprint density at radius 3 is 2.79 bits per heavy atom. The van der Waals surface area contributed by atoms with Crippen LogP contribution in [-0.4, -0.2) is 37.3 Å². The molecule has 4 nitrogen and oxygen atoms in total. The van der Waals surface area contributed by atoms with Crippen LogP contribution in [0, 0.1) is 0 Å². The van der Waals surface area contributed by atoms with Gasteiger partial charge < -0.3 is 15.4 Å². The summed E-state index contributed by atoms with van der Waals surface area (Å²) in [5.74, 6) is 0.227. The van der Waals surface area contributed by atoms with Crippen LogP contribution < -0.4 is 10.6 Å². The molecule has 1 aromatic rings. The number of pyridine rings is 1. The predicted octanol–water partition coefficient (Wildman–Crippen LogP) is 2.15. The van der Waals surface area contributed by atoms with Crippen LogP contribution in [-0.2, 0) is 10.9 Å². The lowest BCUT2D eigenvalue weighted by molar-refractivity contribution is -0.137. The number of rotatable bonds is 3. The summed E-state index contributed by atoms with van der Waals surface area (Å²) in [6.45, 7) is 1.31. The van der Waals surface area contributed by atoms with E-state index in [1.165, 1.54) is 0 Å². The van der Waals surface area contributed by atoms with E-state index in [0.29, 0.717) is 13.1 Å². The van der Waals surface area contributed by atoms with Gasteiger partial charge in [0, 0.05) is 26.4 Å². The summed E-state index contributed by atoms with van der Waals surface area (Å²) < 4.78 is 42.7. The minimum absolute atomic E-state index is 0.0587. The summed E-state index contributed by atoms with van der Waals surface area (Å²) in [5.41, 5.74) is -0.865. The highest BCUT2D eigenvalue weighted by Gasteiger charge is 2.32. The minimum Gasteiger partial charge on any atom is -0.378 e. The normalized spacial score (nSPS) is 23.6. The number of nitrogens with zero attached hydrogens (tertiary/aromatic N) is 1. The lowest BCUT2D eigenvalue weighted by Crippen LogP contribution is -2.34. The van der Waals surface area contributed by atoms with Crippen molar-refractivity contribution >= 4 is 17.4 Å². The van der Waals surface area contributed by atoms with Crippen LogP contribution in [0.3, 0.4) is 0 Å². The highest BCUT2D eigenvalue weighted by Crippen LogP contribution is 2.32. The Hall–Kier alpha value is -1.05. The Kier molecular flexibility index (Phi) is 4.17. The lowest BCUT2D eigenvalue weighted by Gasteiger charge is -2.20. The quantitative estimate of drug-likeness (QED) is 0.897. The summed E-state index contributed by atoms with van der Waals surface area (Å²) in [5, 5.41) is 6.04. The zero-order valence-electron chi connectivity index (χ0n) is 10.1. The van der Waals surface area contributed by atoms with E-state index < -0.39 is 11.7 Å². The van der Waals surface area contributed by atoms with Gasteiger partial charge in [0.05, 0.1) is 22.7 Å². The Balaban J connectivity index is 2.13. The van der Waals surface area contributed by atoms with Gasteiger partial charge >= 0.3 is 6.18 Å². The molecule has 2 heterocycles. The molecule has 2 N–H and O–H groups in total. The van der Waals surface area contributed by atoms with E-state index in [9.17, 15) is 13.2 Å². The average molecular weight is 296 g/mol. The van der Waals surface area contributed by atoms with Gasteiger partial charge in [0.25, 0.3) is 0 Å². The molecule has 1 aliphatic heterocycles. The standard InChI is InChI=1S/C11H13ClF3N3O/c1-19-9-5-16-4-8(9)18-10-7(12)2-6(3-17-10)11(13,14)15/h2-3,8-9,16H,4-5H2,1H3,(H,17,18)/t8-,9-/m0/s1. The van der Waals surface area contributed by atoms with Crippen molar-refractivity contribution in [1.29, 1.82) is 0 Å². The highest BCUT2D eigenvalue weighted by molar-refractivity contribution is 6.33. The van der Waals surface area contributed by atoms with Crippen molar-refractivity contribution < 1.29 is 17.9 Å². The van der Waals surface area contributed by atoms with Gasteiger partial charge in [-0.1, -0.05) is 11.6 Å². The molecule has 0 amide bonds. The average Bonchev–Trinajstić information content (AvgIpc) is 2.77. The van der Waals surface area contributed by atoms with Crippen LogP contribution in [0.15, 0.2) is 12.3 Å². The molecule has 0 bridgehead atoms. The second-order valence-corrected chi connectivity index (χ2v) is 4.64. The van der Waals surface area contributed by atoms with E-state index in [2.05, 4.69) is 15.6 Å². The molecule has 0 spiro atoms. The first-order valence-electron chi connectivity index (χ1n) is 5.64. The second-order valence-electron chi connectivity index (χ2n) is 4.24. The van der Waals surface area contributed by atoms with Gasteiger partial charge in [-0.15, -0.1) is 0 Å². The van der Waals surface area contributed by atoms with Crippen molar-refractivity contribution in [2.24, 2.45) is 0 Å². The Morgan fingerprint density at radius 2 is 2.21 bits per heavy atom. The van der Waals surface area contributed by atoms with E-state index in [4.69, 9.17) is 16.3 Å². The van der Waals surface area contributed by atoms with Crippen LogP contribution in [0.5, 0.6) is 0 Å². The molecule has 1 fully saturated rings. The van der Waals surface area contributed by atoms with E-state index in [-0.39, 0.29) is 23.0 Å². The summed E-state index contributed by atoms with van der Waals surface area (Å²) in [6.07, 6.45) is -3.75. The molecule has 1 aromatic heterocycles. The topological polar surface area (TPSA) is 46.2 Å². The fourth-order valence-electron chi connectivity index (χ4n) is 1.92. The molecular weight excluding hydrogens is 283 g/mol. The molecule has 2 atom stereocenters. The maximum absolute atomic E-state index is 12.5. The molecule has 0 saturated carbocycles. The molecule has 1 saturated heterocycles. The molecule has 0 aliphatic carbocycles.